The summed E-state index contributed by atoms with van der Waals surface area (Å²) in [6.45, 7) is 8.23. The van der Waals surface area contributed by atoms with Crippen LogP contribution in [-0.2, 0) is 13.0 Å². The second-order valence-corrected chi connectivity index (χ2v) is 7.04. The standard InChI is InChI=1S/C14H15F3N4.C4H11N/c1-10-6-18-9-13(21-10)20-8-11-2-3-12(19-7-11)4-5-14(15,16)17;1-4(2,3)5/h2-3,6-7,9H,4-5,8H2,1H3,(H,20,21);5H2,1-3H3. The Morgan fingerprint density at radius 3 is 2.23 bits per heavy atom. The fourth-order valence-corrected chi connectivity index (χ4v) is 1.72. The number of hydrogen-bond acceptors (Lipinski definition) is 5. The van der Waals surface area contributed by atoms with Crippen molar-refractivity contribution in [2.75, 3.05) is 5.32 Å². The molecule has 0 atom stereocenters. The second kappa shape index (κ2) is 9.47. The van der Waals surface area contributed by atoms with Crippen molar-refractivity contribution in [3.63, 3.8) is 0 Å². The van der Waals surface area contributed by atoms with Gasteiger partial charge in [-0.15, -0.1) is 0 Å². The van der Waals surface area contributed by atoms with Crippen LogP contribution in [-0.4, -0.2) is 26.7 Å². The number of alkyl halides is 3. The number of nitrogens with two attached hydrogens (primary N) is 1. The van der Waals surface area contributed by atoms with Crippen LogP contribution in [0.25, 0.3) is 0 Å². The Balaban J connectivity index is 0.000000597. The van der Waals surface area contributed by atoms with Crippen molar-refractivity contribution in [3.05, 3.63) is 47.7 Å². The first kappa shape index (κ1) is 21.8. The summed E-state index contributed by atoms with van der Waals surface area (Å²) in [6.07, 6.45) is -0.259. The van der Waals surface area contributed by atoms with Crippen molar-refractivity contribution < 1.29 is 13.2 Å². The van der Waals surface area contributed by atoms with Gasteiger partial charge in [0.2, 0.25) is 0 Å². The lowest BCUT2D eigenvalue weighted by Gasteiger charge is -2.08. The summed E-state index contributed by atoms with van der Waals surface area (Å²) in [4.78, 5) is 12.3. The second-order valence-electron chi connectivity index (χ2n) is 7.04. The number of hydrogen-bond donors (Lipinski definition) is 2. The molecular formula is C18H26F3N5. The van der Waals surface area contributed by atoms with E-state index < -0.39 is 12.6 Å². The molecule has 0 unspecified atom stereocenters. The van der Waals surface area contributed by atoms with Crippen molar-refractivity contribution in [2.24, 2.45) is 5.73 Å². The van der Waals surface area contributed by atoms with E-state index in [2.05, 4.69) is 20.3 Å². The Labute approximate surface area is 152 Å². The van der Waals surface area contributed by atoms with Crippen LogP contribution in [0.4, 0.5) is 19.0 Å². The van der Waals surface area contributed by atoms with Crippen LogP contribution in [0.2, 0.25) is 0 Å². The minimum Gasteiger partial charge on any atom is -0.365 e. The predicted molar refractivity (Wildman–Crippen MR) is 96.6 cm³/mol. The molecule has 0 fully saturated rings. The lowest BCUT2D eigenvalue weighted by Crippen LogP contribution is -2.26. The van der Waals surface area contributed by atoms with Gasteiger partial charge >= 0.3 is 6.18 Å². The highest BCUT2D eigenvalue weighted by atomic mass is 19.4. The molecule has 0 saturated carbocycles. The molecule has 0 amide bonds. The van der Waals surface area contributed by atoms with Gasteiger partial charge in [0.1, 0.15) is 5.82 Å². The minimum atomic E-state index is -4.15. The molecule has 144 valence electrons. The van der Waals surface area contributed by atoms with Crippen LogP contribution in [0.15, 0.2) is 30.7 Å². The van der Waals surface area contributed by atoms with Crippen molar-refractivity contribution in [1.82, 2.24) is 15.0 Å². The van der Waals surface area contributed by atoms with E-state index in [0.717, 1.165) is 11.3 Å². The minimum absolute atomic E-state index is 0. The average Bonchev–Trinajstić information content (AvgIpc) is 2.50. The number of halogens is 3. The molecule has 2 rings (SSSR count). The molecule has 26 heavy (non-hydrogen) atoms. The number of anilines is 1. The van der Waals surface area contributed by atoms with E-state index in [4.69, 9.17) is 5.73 Å². The maximum atomic E-state index is 12.1. The summed E-state index contributed by atoms with van der Waals surface area (Å²) in [7, 11) is 0. The number of aromatic nitrogens is 3. The van der Waals surface area contributed by atoms with Crippen molar-refractivity contribution in [3.8, 4) is 0 Å². The molecule has 0 aliphatic carbocycles. The molecular weight excluding hydrogens is 343 g/mol. The normalized spacial score (nSPS) is 11.5. The molecule has 0 aromatic carbocycles. The maximum Gasteiger partial charge on any atom is 0.389 e. The van der Waals surface area contributed by atoms with E-state index in [1.165, 1.54) is 0 Å². The predicted octanol–water partition coefficient (Wildman–Crippen LogP) is 4.03. The highest BCUT2D eigenvalue weighted by Crippen LogP contribution is 2.21. The monoisotopic (exact) mass is 369 g/mol. The first-order valence-corrected chi connectivity index (χ1v) is 8.24. The fourth-order valence-electron chi connectivity index (χ4n) is 1.72. The van der Waals surface area contributed by atoms with Crippen LogP contribution < -0.4 is 11.1 Å². The summed E-state index contributed by atoms with van der Waals surface area (Å²) in [5.41, 5.74) is 7.47. The van der Waals surface area contributed by atoms with Gasteiger partial charge in [0.05, 0.1) is 11.9 Å². The number of pyridine rings is 1. The van der Waals surface area contributed by atoms with Gasteiger partial charge in [0.15, 0.2) is 0 Å². The molecule has 8 heteroatoms. The number of nitrogens with zero attached hydrogens (tertiary/aromatic N) is 3. The summed E-state index contributed by atoms with van der Waals surface area (Å²) in [5.74, 6) is 0.649. The molecule has 5 nitrogen and oxygen atoms in total. The molecule has 0 aliphatic heterocycles. The van der Waals surface area contributed by atoms with Crippen molar-refractivity contribution >= 4 is 5.82 Å². The first-order valence-electron chi connectivity index (χ1n) is 8.24. The summed E-state index contributed by atoms with van der Waals surface area (Å²) in [5, 5.41) is 3.08. The average molecular weight is 369 g/mol. The Bertz CT molecular complexity index is 658. The lowest BCUT2D eigenvalue weighted by atomic mass is 10.1. The highest BCUT2D eigenvalue weighted by Gasteiger charge is 2.26. The van der Waals surface area contributed by atoms with Crippen molar-refractivity contribution in [1.29, 1.82) is 0 Å². The molecule has 0 bridgehead atoms. The van der Waals surface area contributed by atoms with Gasteiger partial charge in [-0.05, 0) is 45.7 Å². The van der Waals surface area contributed by atoms with Crippen LogP contribution in [0.1, 0.15) is 44.1 Å². The van der Waals surface area contributed by atoms with E-state index >= 15 is 0 Å². The zero-order valence-electron chi connectivity index (χ0n) is 15.6. The lowest BCUT2D eigenvalue weighted by molar-refractivity contribution is -0.134. The smallest absolute Gasteiger partial charge is 0.365 e. The Hall–Kier alpha value is -2.22. The number of nitrogens with one attached hydrogen (secondary N) is 1. The zero-order chi connectivity index (χ0) is 19.8. The SMILES string of the molecule is CC(C)(C)N.Cc1cncc(NCc2ccc(CCC(F)(F)F)nc2)n1. The quantitative estimate of drug-likeness (QED) is 0.832. The summed E-state index contributed by atoms with van der Waals surface area (Å²) >= 11 is 0. The van der Waals surface area contributed by atoms with Gasteiger partial charge in [-0.25, -0.2) is 4.98 Å². The van der Waals surface area contributed by atoms with Gasteiger partial charge in [-0.2, -0.15) is 13.2 Å². The fraction of sp³-hybridized carbons (Fsp3) is 0.500. The van der Waals surface area contributed by atoms with E-state index in [9.17, 15) is 13.2 Å². The van der Waals surface area contributed by atoms with Gasteiger partial charge in [0, 0.05) is 36.6 Å². The molecule has 0 radical (unpaired) electrons. The Morgan fingerprint density at radius 1 is 1.08 bits per heavy atom. The molecule has 0 aliphatic rings. The first-order chi connectivity index (χ1) is 11.9. The van der Waals surface area contributed by atoms with Gasteiger partial charge in [0.25, 0.3) is 0 Å². The maximum absolute atomic E-state index is 12.1. The van der Waals surface area contributed by atoms with Crippen LogP contribution in [0.3, 0.4) is 0 Å². The molecule has 2 aromatic rings. The largest absolute Gasteiger partial charge is 0.389 e. The molecule has 0 spiro atoms. The van der Waals surface area contributed by atoms with E-state index in [1.54, 1.807) is 30.7 Å². The molecule has 3 N–H and O–H groups in total. The zero-order valence-corrected chi connectivity index (χ0v) is 15.6. The third kappa shape index (κ3) is 11.4. The third-order valence-electron chi connectivity index (χ3n) is 2.78. The summed E-state index contributed by atoms with van der Waals surface area (Å²) in [6, 6.07) is 3.37. The van der Waals surface area contributed by atoms with Crippen LogP contribution in [0, 0.1) is 6.92 Å². The van der Waals surface area contributed by atoms with Crippen molar-refractivity contribution in [2.45, 2.75) is 58.8 Å². The topological polar surface area (TPSA) is 76.7 Å². The highest BCUT2D eigenvalue weighted by molar-refractivity contribution is 5.33. The van der Waals surface area contributed by atoms with Crippen LogP contribution >= 0.6 is 0 Å². The molecule has 2 heterocycles. The Kier molecular flexibility index (Phi) is 7.95. The Morgan fingerprint density at radius 2 is 1.73 bits per heavy atom. The third-order valence-corrected chi connectivity index (χ3v) is 2.78. The van der Waals surface area contributed by atoms with E-state index in [0.29, 0.717) is 18.1 Å². The van der Waals surface area contributed by atoms with Gasteiger partial charge in [-0.1, -0.05) is 6.07 Å². The summed E-state index contributed by atoms with van der Waals surface area (Å²) < 4.78 is 36.3. The van der Waals surface area contributed by atoms with Crippen LogP contribution in [0.5, 0.6) is 0 Å². The van der Waals surface area contributed by atoms with E-state index in [-0.39, 0.29) is 12.0 Å². The van der Waals surface area contributed by atoms with Gasteiger partial charge < -0.3 is 11.1 Å². The molecule has 0 saturated heterocycles. The number of rotatable bonds is 5. The van der Waals surface area contributed by atoms with Gasteiger partial charge in [-0.3, -0.25) is 9.97 Å². The molecule has 2 aromatic heterocycles. The van der Waals surface area contributed by atoms with E-state index in [1.807, 2.05) is 27.7 Å². The number of aryl methyl sites for hydroxylation is 2.